The van der Waals surface area contributed by atoms with E-state index in [1.807, 2.05) is 32.0 Å². The lowest BCUT2D eigenvalue weighted by atomic mass is 9.75. The van der Waals surface area contributed by atoms with Crippen molar-refractivity contribution in [3.05, 3.63) is 57.4 Å². The normalized spacial score (nSPS) is 19.7. The number of ether oxygens (including phenoxy) is 2. The Bertz CT molecular complexity index is 812. The van der Waals surface area contributed by atoms with Gasteiger partial charge in [0.25, 0.3) is 0 Å². The molecule has 0 saturated carbocycles. The van der Waals surface area contributed by atoms with Crippen LogP contribution in [0, 0.1) is 0 Å². The largest absolute Gasteiger partial charge is 0.460 e. The highest BCUT2D eigenvalue weighted by atomic mass is 35.5. The van der Waals surface area contributed by atoms with Gasteiger partial charge in [0, 0.05) is 40.9 Å². The minimum absolute atomic E-state index is 0.0702. The van der Waals surface area contributed by atoms with Gasteiger partial charge >= 0.3 is 5.97 Å². The maximum atomic E-state index is 12.9. The number of nitrogens with one attached hydrogen (secondary N) is 1. The number of carbonyl (C=O) groups excluding carboxylic acids is 2. The molecular formula is C21H24ClNO4. The first-order chi connectivity index (χ1) is 13.0. The molecule has 6 heteroatoms. The SMILES string of the molecule is CCOCCOC(=O)C1=C(C)NC2=C(C(=O)CCC2)[C@@H]1c1cccc(Cl)c1. The first-order valence-corrected chi connectivity index (χ1v) is 9.65. The molecule has 1 atom stereocenters. The van der Waals surface area contributed by atoms with Crippen molar-refractivity contribution in [1.82, 2.24) is 5.32 Å². The second-order valence-electron chi connectivity index (χ2n) is 6.65. The minimum Gasteiger partial charge on any atom is -0.460 e. The third kappa shape index (κ3) is 4.25. The van der Waals surface area contributed by atoms with Crippen LogP contribution in [0.3, 0.4) is 0 Å². The highest BCUT2D eigenvalue weighted by molar-refractivity contribution is 6.30. The number of rotatable bonds is 6. The average Bonchev–Trinajstić information content (AvgIpc) is 2.64. The number of benzene rings is 1. The van der Waals surface area contributed by atoms with Crippen LogP contribution in [-0.4, -0.2) is 31.6 Å². The van der Waals surface area contributed by atoms with Gasteiger partial charge in [0.1, 0.15) is 6.61 Å². The number of allylic oxidation sites excluding steroid dienone is 3. The lowest BCUT2D eigenvalue weighted by molar-refractivity contribution is -0.140. The van der Waals surface area contributed by atoms with Crippen LogP contribution in [0.2, 0.25) is 5.02 Å². The smallest absolute Gasteiger partial charge is 0.336 e. The molecule has 0 bridgehead atoms. The Morgan fingerprint density at radius 3 is 2.85 bits per heavy atom. The second-order valence-corrected chi connectivity index (χ2v) is 7.09. The van der Waals surface area contributed by atoms with Gasteiger partial charge in [-0.1, -0.05) is 23.7 Å². The van der Waals surface area contributed by atoms with E-state index in [2.05, 4.69) is 5.32 Å². The topological polar surface area (TPSA) is 64.6 Å². The molecule has 0 fully saturated rings. The zero-order valence-electron chi connectivity index (χ0n) is 15.6. The van der Waals surface area contributed by atoms with Crippen LogP contribution in [0.25, 0.3) is 0 Å². The molecule has 0 radical (unpaired) electrons. The quantitative estimate of drug-likeness (QED) is 0.590. The van der Waals surface area contributed by atoms with Crippen LogP contribution in [-0.2, 0) is 19.1 Å². The molecule has 3 rings (SSSR count). The number of hydrogen-bond acceptors (Lipinski definition) is 5. The molecular weight excluding hydrogens is 366 g/mol. The van der Waals surface area contributed by atoms with Crippen molar-refractivity contribution >= 4 is 23.4 Å². The summed E-state index contributed by atoms with van der Waals surface area (Å²) >= 11 is 6.19. The van der Waals surface area contributed by atoms with Gasteiger partial charge < -0.3 is 14.8 Å². The van der Waals surface area contributed by atoms with Crippen LogP contribution < -0.4 is 5.32 Å². The number of halogens is 1. The Morgan fingerprint density at radius 2 is 2.11 bits per heavy atom. The molecule has 0 spiro atoms. The van der Waals surface area contributed by atoms with Crippen LogP contribution in [0.1, 0.15) is 44.6 Å². The molecule has 1 aliphatic heterocycles. The molecule has 1 aromatic carbocycles. The summed E-state index contributed by atoms with van der Waals surface area (Å²) in [5.74, 6) is -0.831. The molecule has 0 aromatic heterocycles. The fourth-order valence-corrected chi connectivity index (χ4v) is 3.89. The Hall–Kier alpha value is -2.11. The molecule has 5 nitrogen and oxygen atoms in total. The lowest BCUT2D eigenvalue weighted by Gasteiger charge is -2.34. The standard InChI is InChI=1S/C21H24ClNO4/c1-3-26-10-11-27-21(25)18-13(2)23-16-8-5-9-17(24)20(16)19(18)14-6-4-7-15(22)12-14/h4,6-7,12,19,23H,3,5,8-11H2,1-2H3/t19-/m1/s1. The molecule has 0 saturated heterocycles. The predicted octanol–water partition coefficient (Wildman–Crippen LogP) is 3.89. The molecule has 1 aliphatic carbocycles. The first-order valence-electron chi connectivity index (χ1n) is 9.27. The summed E-state index contributed by atoms with van der Waals surface area (Å²) in [5, 5.41) is 3.84. The van der Waals surface area contributed by atoms with Gasteiger partial charge in [-0.05, 0) is 44.4 Å². The van der Waals surface area contributed by atoms with Gasteiger partial charge in [0.15, 0.2) is 5.78 Å². The molecule has 1 aromatic rings. The highest BCUT2D eigenvalue weighted by Gasteiger charge is 2.39. The molecule has 1 N–H and O–H groups in total. The van der Waals surface area contributed by atoms with Crippen molar-refractivity contribution in [2.24, 2.45) is 0 Å². The molecule has 27 heavy (non-hydrogen) atoms. The van der Waals surface area contributed by atoms with Crippen molar-refractivity contribution in [2.75, 3.05) is 19.8 Å². The summed E-state index contributed by atoms with van der Waals surface area (Å²) in [4.78, 5) is 25.6. The van der Waals surface area contributed by atoms with E-state index in [1.54, 1.807) is 6.07 Å². The van der Waals surface area contributed by atoms with Crippen LogP contribution >= 0.6 is 11.6 Å². The van der Waals surface area contributed by atoms with Crippen molar-refractivity contribution in [3.8, 4) is 0 Å². The molecule has 0 unspecified atom stereocenters. The van der Waals surface area contributed by atoms with E-state index in [9.17, 15) is 9.59 Å². The fourth-order valence-electron chi connectivity index (χ4n) is 3.69. The van der Waals surface area contributed by atoms with Gasteiger partial charge in [0.05, 0.1) is 12.2 Å². The number of ketones is 1. The lowest BCUT2D eigenvalue weighted by Crippen LogP contribution is -2.34. The highest BCUT2D eigenvalue weighted by Crippen LogP contribution is 2.42. The van der Waals surface area contributed by atoms with Gasteiger partial charge in [-0.25, -0.2) is 4.79 Å². The summed E-state index contributed by atoms with van der Waals surface area (Å²) in [6.07, 6.45) is 2.10. The van der Waals surface area contributed by atoms with E-state index in [-0.39, 0.29) is 12.4 Å². The van der Waals surface area contributed by atoms with E-state index in [4.69, 9.17) is 21.1 Å². The molecule has 144 valence electrons. The molecule has 1 heterocycles. The number of Topliss-reactive ketones (excluding diaryl/α,β-unsaturated/α-hetero) is 1. The monoisotopic (exact) mass is 389 g/mol. The Morgan fingerprint density at radius 1 is 1.30 bits per heavy atom. The number of hydrogen-bond donors (Lipinski definition) is 1. The minimum atomic E-state index is -0.465. The first kappa shape index (κ1) is 19.6. The average molecular weight is 390 g/mol. The Labute approximate surface area is 164 Å². The van der Waals surface area contributed by atoms with Gasteiger partial charge in [-0.2, -0.15) is 0 Å². The third-order valence-electron chi connectivity index (χ3n) is 4.84. The summed E-state index contributed by atoms with van der Waals surface area (Å²) < 4.78 is 10.7. The van der Waals surface area contributed by atoms with E-state index in [1.165, 1.54) is 0 Å². The third-order valence-corrected chi connectivity index (χ3v) is 5.08. The van der Waals surface area contributed by atoms with E-state index in [0.717, 1.165) is 29.8 Å². The van der Waals surface area contributed by atoms with Gasteiger partial charge in [0.2, 0.25) is 0 Å². The number of carbonyl (C=O) groups is 2. The summed E-state index contributed by atoms with van der Waals surface area (Å²) in [6, 6.07) is 7.32. The zero-order chi connectivity index (χ0) is 19.4. The summed E-state index contributed by atoms with van der Waals surface area (Å²) in [7, 11) is 0. The van der Waals surface area contributed by atoms with Gasteiger partial charge in [-0.3, -0.25) is 4.79 Å². The van der Waals surface area contributed by atoms with Crippen molar-refractivity contribution in [2.45, 2.75) is 39.0 Å². The van der Waals surface area contributed by atoms with Crippen molar-refractivity contribution < 1.29 is 19.1 Å². The van der Waals surface area contributed by atoms with Crippen LogP contribution in [0.5, 0.6) is 0 Å². The Balaban J connectivity index is 1.99. The molecule has 0 amide bonds. The number of dihydropyridines is 1. The fraction of sp³-hybridized carbons (Fsp3) is 0.429. The van der Waals surface area contributed by atoms with Gasteiger partial charge in [-0.15, -0.1) is 0 Å². The summed E-state index contributed by atoms with van der Waals surface area (Å²) in [5.41, 5.74) is 3.56. The molecule has 2 aliphatic rings. The Kier molecular flexibility index (Phi) is 6.34. The van der Waals surface area contributed by atoms with Crippen molar-refractivity contribution in [1.29, 1.82) is 0 Å². The zero-order valence-corrected chi connectivity index (χ0v) is 16.4. The maximum Gasteiger partial charge on any atom is 0.336 e. The van der Waals surface area contributed by atoms with Crippen LogP contribution in [0.4, 0.5) is 0 Å². The van der Waals surface area contributed by atoms with E-state index >= 15 is 0 Å². The summed E-state index contributed by atoms with van der Waals surface area (Å²) in [6.45, 7) is 4.82. The van der Waals surface area contributed by atoms with E-state index < -0.39 is 11.9 Å². The maximum absolute atomic E-state index is 12.9. The van der Waals surface area contributed by atoms with Crippen LogP contribution in [0.15, 0.2) is 46.8 Å². The van der Waals surface area contributed by atoms with E-state index in [0.29, 0.717) is 35.8 Å². The second kappa shape index (κ2) is 8.72. The van der Waals surface area contributed by atoms with Crippen molar-refractivity contribution in [3.63, 3.8) is 0 Å². The predicted molar refractivity (Wildman–Crippen MR) is 103 cm³/mol. The number of esters is 1.